The molecular weight excluding hydrogens is 224 g/mol. The maximum Gasteiger partial charge on any atom is 0.0604 e. The van der Waals surface area contributed by atoms with Crippen LogP contribution in [0.5, 0.6) is 0 Å². The molecule has 0 atom stereocenters. The lowest BCUT2D eigenvalue weighted by Gasteiger charge is -2.35. The second-order valence-corrected chi connectivity index (χ2v) is 6.87. The molecule has 3 nitrogen and oxygen atoms in total. The van der Waals surface area contributed by atoms with Crippen LogP contribution in [-0.2, 0) is 4.74 Å². The monoisotopic (exact) mass is 256 g/mol. The summed E-state index contributed by atoms with van der Waals surface area (Å²) in [6.45, 7) is 13.3. The largest absolute Gasteiger partial charge is 0.378 e. The van der Waals surface area contributed by atoms with E-state index in [0.29, 0.717) is 17.6 Å². The first-order chi connectivity index (χ1) is 8.40. The maximum atomic E-state index is 5.87. The van der Waals surface area contributed by atoms with Gasteiger partial charge in [-0.1, -0.05) is 27.7 Å². The van der Waals surface area contributed by atoms with Crippen molar-refractivity contribution in [1.29, 1.82) is 0 Å². The zero-order valence-corrected chi connectivity index (χ0v) is 13.0. The van der Waals surface area contributed by atoms with E-state index in [2.05, 4.69) is 45.0 Å². The first-order valence-corrected chi connectivity index (χ1v) is 7.44. The minimum atomic E-state index is 0.391. The number of rotatable bonds is 8. The van der Waals surface area contributed by atoms with Crippen molar-refractivity contribution >= 4 is 0 Å². The molecule has 0 unspecified atom stereocenters. The van der Waals surface area contributed by atoms with Crippen LogP contribution in [0.3, 0.4) is 0 Å². The predicted octanol–water partition coefficient (Wildman–Crippen LogP) is 2.51. The van der Waals surface area contributed by atoms with Crippen LogP contribution < -0.4 is 5.32 Å². The average Bonchev–Trinajstić information content (AvgIpc) is 2.17. The Labute approximate surface area is 113 Å². The van der Waals surface area contributed by atoms with Gasteiger partial charge in [0.1, 0.15) is 0 Å². The van der Waals surface area contributed by atoms with Crippen LogP contribution in [0.4, 0.5) is 0 Å². The molecule has 0 amide bonds. The molecule has 1 aliphatic rings. The average molecular weight is 256 g/mol. The van der Waals surface area contributed by atoms with Crippen LogP contribution in [0.15, 0.2) is 0 Å². The summed E-state index contributed by atoms with van der Waals surface area (Å²) in [5, 5.41) is 3.46. The van der Waals surface area contributed by atoms with Gasteiger partial charge in [-0.05, 0) is 38.3 Å². The molecule has 1 fully saturated rings. The van der Waals surface area contributed by atoms with E-state index in [-0.39, 0.29) is 0 Å². The second-order valence-electron chi connectivity index (χ2n) is 6.87. The van der Waals surface area contributed by atoms with Crippen molar-refractivity contribution in [3.8, 4) is 0 Å². The van der Waals surface area contributed by atoms with Crippen molar-refractivity contribution in [3.63, 3.8) is 0 Å². The summed E-state index contributed by atoms with van der Waals surface area (Å²) >= 11 is 0. The highest BCUT2D eigenvalue weighted by molar-refractivity contribution is 4.85. The Morgan fingerprint density at radius 1 is 1.28 bits per heavy atom. The van der Waals surface area contributed by atoms with Crippen molar-refractivity contribution < 1.29 is 4.74 Å². The summed E-state index contributed by atoms with van der Waals surface area (Å²) in [5.74, 6) is 0. The molecule has 0 saturated heterocycles. The third-order valence-electron chi connectivity index (χ3n) is 3.37. The van der Waals surface area contributed by atoms with E-state index >= 15 is 0 Å². The van der Waals surface area contributed by atoms with Crippen molar-refractivity contribution in [3.05, 3.63) is 0 Å². The lowest BCUT2D eigenvalue weighted by Crippen LogP contribution is -2.45. The molecule has 0 heterocycles. The second kappa shape index (κ2) is 7.46. The van der Waals surface area contributed by atoms with Gasteiger partial charge in [0.05, 0.1) is 6.10 Å². The quantitative estimate of drug-likeness (QED) is 0.675. The van der Waals surface area contributed by atoms with Crippen LogP contribution in [-0.4, -0.2) is 50.3 Å². The molecule has 0 aromatic carbocycles. The molecule has 1 aliphatic carbocycles. The first-order valence-electron chi connectivity index (χ1n) is 7.44. The Kier molecular flexibility index (Phi) is 6.61. The number of ether oxygens (including phenoxy) is 1. The van der Waals surface area contributed by atoms with Gasteiger partial charge in [-0.15, -0.1) is 0 Å². The van der Waals surface area contributed by atoms with E-state index in [0.717, 1.165) is 32.7 Å². The molecule has 18 heavy (non-hydrogen) atoms. The van der Waals surface area contributed by atoms with Gasteiger partial charge in [-0.2, -0.15) is 0 Å². The molecule has 0 aromatic heterocycles. The highest BCUT2D eigenvalue weighted by Gasteiger charge is 2.28. The summed E-state index contributed by atoms with van der Waals surface area (Å²) in [6.07, 6.45) is 4.06. The van der Waals surface area contributed by atoms with E-state index in [9.17, 15) is 0 Å². The molecule has 0 aromatic rings. The fraction of sp³-hybridized carbons (Fsp3) is 1.00. The third-order valence-corrected chi connectivity index (χ3v) is 3.37. The minimum Gasteiger partial charge on any atom is -0.378 e. The van der Waals surface area contributed by atoms with Crippen molar-refractivity contribution in [2.45, 2.75) is 59.1 Å². The van der Waals surface area contributed by atoms with Crippen LogP contribution in [0.25, 0.3) is 0 Å². The Morgan fingerprint density at radius 3 is 2.50 bits per heavy atom. The smallest absolute Gasteiger partial charge is 0.0604 e. The normalized spacial score (nSPS) is 24.3. The molecule has 1 rings (SSSR count). The molecule has 1 saturated carbocycles. The minimum absolute atomic E-state index is 0.391. The van der Waals surface area contributed by atoms with E-state index in [1.165, 1.54) is 12.8 Å². The zero-order valence-electron chi connectivity index (χ0n) is 13.0. The van der Waals surface area contributed by atoms with Crippen molar-refractivity contribution in [2.24, 2.45) is 5.41 Å². The summed E-state index contributed by atoms with van der Waals surface area (Å²) in [5.41, 5.74) is 0.391. The summed E-state index contributed by atoms with van der Waals surface area (Å²) in [4.78, 5) is 2.41. The van der Waals surface area contributed by atoms with Gasteiger partial charge in [-0.3, -0.25) is 0 Å². The van der Waals surface area contributed by atoms with E-state index in [1.54, 1.807) is 0 Å². The van der Waals surface area contributed by atoms with Crippen molar-refractivity contribution in [2.75, 3.05) is 33.3 Å². The highest BCUT2D eigenvalue weighted by atomic mass is 16.5. The number of nitrogens with one attached hydrogen (secondary N) is 1. The zero-order chi connectivity index (χ0) is 13.6. The Balaban J connectivity index is 1.93. The summed E-state index contributed by atoms with van der Waals surface area (Å²) in [6, 6.07) is 0.712. The molecular formula is C15H32N2O. The number of nitrogens with zero attached hydrogens (tertiary/aromatic N) is 1. The third kappa shape index (κ3) is 6.72. The standard InChI is InChI=1S/C15H32N2O/c1-6-16-13-10-14(11-13)18-9-7-8-17(5)12-15(2,3)4/h13-14,16H,6-12H2,1-5H3. The molecule has 0 aliphatic heterocycles. The van der Waals surface area contributed by atoms with Gasteiger partial charge in [-0.25, -0.2) is 0 Å². The molecule has 0 spiro atoms. The van der Waals surface area contributed by atoms with E-state index in [1.807, 2.05) is 0 Å². The predicted molar refractivity (Wildman–Crippen MR) is 78.0 cm³/mol. The van der Waals surface area contributed by atoms with Gasteiger partial charge >= 0.3 is 0 Å². The van der Waals surface area contributed by atoms with Gasteiger partial charge in [0.2, 0.25) is 0 Å². The lowest BCUT2D eigenvalue weighted by molar-refractivity contribution is -0.0191. The van der Waals surface area contributed by atoms with Gasteiger partial charge in [0, 0.05) is 25.7 Å². The first kappa shape index (κ1) is 15.9. The Hall–Kier alpha value is -0.120. The number of hydrogen-bond donors (Lipinski definition) is 1. The Morgan fingerprint density at radius 2 is 1.94 bits per heavy atom. The van der Waals surface area contributed by atoms with E-state index in [4.69, 9.17) is 4.74 Å². The van der Waals surface area contributed by atoms with Gasteiger partial charge in [0.15, 0.2) is 0 Å². The fourth-order valence-corrected chi connectivity index (χ4v) is 2.63. The van der Waals surface area contributed by atoms with Crippen LogP contribution >= 0.6 is 0 Å². The Bertz CT molecular complexity index is 219. The molecule has 1 N–H and O–H groups in total. The summed E-state index contributed by atoms with van der Waals surface area (Å²) < 4.78 is 5.87. The molecule has 3 heteroatoms. The van der Waals surface area contributed by atoms with E-state index < -0.39 is 0 Å². The molecule has 0 radical (unpaired) electrons. The summed E-state index contributed by atoms with van der Waals surface area (Å²) in [7, 11) is 2.20. The molecule has 0 bridgehead atoms. The fourth-order valence-electron chi connectivity index (χ4n) is 2.63. The SMILES string of the molecule is CCNC1CC(OCCCN(C)CC(C)(C)C)C1. The topological polar surface area (TPSA) is 24.5 Å². The number of hydrogen-bond acceptors (Lipinski definition) is 3. The van der Waals surface area contributed by atoms with Gasteiger partial charge in [0.25, 0.3) is 0 Å². The maximum absolute atomic E-state index is 5.87. The highest BCUT2D eigenvalue weighted by Crippen LogP contribution is 2.23. The van der Waals surface area contributed by atoms with Gasteiger partial charge < -0.3 is 15.0 Å². The van der Waals surface area contributed by atoms with Crippen LogP contribution in [0.1, 0.15) is 47.0 Å². The van der Waals surface area contributed by atoms with Crippen LogP contribution in [0, 0.1) is 5.41 Å². The van der Waals surface area contributed by atoms with Crippen molar-refractivity contribution in [1.82, 2.24) is 10.2 Å². The van der Waals surface area contributed by atoms with Crippen LogP contribution in [0.2, 0.25) is 0 Å². The lowest BCUT2D eigenvalue weighted by atomic mass is 9.89. The molecule has 108 valence electrons.